The zero-order valence-corrected chi connectivity index (χ0v) is 12.0. The van der Waals surface area contributed by atoms with E-state index < -0.39 is 11.9 Å². The van der Waals surface area contributed by atoms with Gasteiger partial charge in [0.05, 0.1) is 39.3 Å². The number of aliphatic carboxylic acids is 2. The fourth-order valence-corrected chi connectivity index (χ4v) is 1.56. The Bertz CT molecular complexity index is 248. The Morgan fingerprint density at radius 2 is 1.30 bits per heavy atom. The van der Waals surface area contributed by atoms with Crippen molar-refractivity contribution < 1.29 is 29.3 Å². The first-order valence-corrected chi connectivity index (χ1v) is 6.87. The molecule has 7 heteroatoms. The minimum atomic E-state index is -0.859. The number of hydrogen-bond donors (Lipinski definition) is 2. The molecule has 0 rings (SSSR count). The summed E-state index contributed by atoms with van der Waals surface area (Å²) in [5.41, 5.74) is 0. The topological polar surface area (TPSA) is 96.3 Å². The van der Waals surface area contributed by atoms with Gasteiger partial charge < -0.3 is 19.7 Å². The highest BCUT2D eigenvalue weighted by Gasteiger charge is 2.05. The first kappa shape index (κ1) is 18.8. The van der Waals surface area contributed by atoms with Gasteiger partial charge in [-0.3, -0.25) is 14.5 Å². The summed E-state index contributed by atoms with van der Waals surface area (Å²) >= 11 is 0. The van der Waals surface area contributed by atoms with E-state index in [1.54, 1.807) is 0 Å². The van der Waals surface area contributed by atoms with E-state index in [0.29, 0.717) is 13.2 Å². The maximum absolute atomic E-state index is 10.3. The average molecular weight is 291 g/mol. The van der Waals surface area contributed by atoms with E-state index in [0.717, 1.165) is 26.1 Å². The molecule has 0 aromatic carbocycles. The van der Waals surface area contributed by atoms with E-state index in [-0.39, 0.29) is 26.1 Å². The smallest absolute Gasteiger partial charge is 0.305 e. The summed E-state index contributed by atoms with van der Waals surface area (Å²) in [4.78, 5) is 22.8. The highest BCUT2D eigenvalue weighted by Crippen LogP contribution is 1.94. The van der Waals surface area contributed by atoms with Gasteiger partial charge in [-0.2, -0.15) is 0 Å². The molecule has 0 aromatic rings. The molecule has 20 heavy (non-hydrogen) atoms. The minimum absolute atomic E-state index is 0.0199. The Labute approximate surface area is 119 Å². The third-order valence-corrected chi connectivity index (χ3v) is 2.56. The number of carboxylic acid groups (broad SMARTS) is 2. The molecule has 0 amide bonds. The molecule has 0 saturated carbocycles. The lowest BCUT2D eigenvalue weighted by atomic mass is 10.4. The summed E-state index contributed by atoms with van der Waals surface area (Å²) < 4.78 is 10.5. The number of hydrogen-bond acceptors (Lipinski definition) is 5. The predicted molar refractivity (Wildman–Crippen MR) is 72.9 cm³/mol. The van der Waals surface area contributed by atoms with Crippen LogP contribution in [0, 0.1) is 0 Å². The molecule has 0 spiro atoms. The van der Waals surface area contributed by atoms with Crippen molar-refractivity contribution in [1.29, 1.82) is 0 Å². The average Bonchev–Trinajstić information content (AvgIpc) is 2.37. The first-order chi connectivity index (χ1) is 9.56. The van der Waals surface area contributed by atoms with E-state index in [2.05, 4.69) is 11.8 Å². The molecule has 0 unspecified atom stereocenters. The Hall–Kier alpha value is -1.18. The third-order valence-electron chi connectivity index (χ3n) is 2.56. The van der Waals surface area contributed by atoms with Gasteiger partial charge in [0.2, 0.25) is 0 Å². The molecule has 0 aliphatic carbocycles. The van der Waals surface area contributed by atoms with Crippen LogP contribution in [0.2, 0.25) is 0 Å². The second-order valence-corrected chi connectivity index (χ2v) is 4.35. The Morgan fingerprint density at radius 1 is 0.850 bits per heavy atom. The molecule has 0 aliphatic heterocycles. The summed E-state index contributed by atoms with van der Waals surface area (Å²) in [6.07, 6.45) is 1.04. The summed E-state index contributed by atoms with van der Waals surface area (Å²) in [5, 5.41) is 16.9. The van der Waals surface area contributed by atoms with Crippen LogP contribution in [0.25, 0.3) is 0 Å². The lowest BCUT2D eigenvalue weighted by molar-refractivity contribution is -0.139. The van der Waals surface area contributed by atoms with Crippen LogP contribution in [0.1, 0.15) is 26.2 Å². The molecule has 0 atom stereocenters. The lowest BCUT2D eigenvalue weighted by Gasteiger charge is -2.21. The number of carboxylic acids is 2. The maximum atomic E-state index is 10.3. The van der Waals surface area contributed by atoms with Crippen molar-refractivity contribution in [2.75, 3.05) is 46.1 Å². The second-order valence-electron chi connectivity index (χ2n) is 4.35. The zero-order valence-electron chi connectivity index (χ0n) is 12.0. The van der Waals surface area contributed by atoms with Crippen LogP contribution in [0.3, 0.4) is 0 Å². The Kier molecular flexibility index (Phi) is 12.1. The maximum Gasteiger partial charge on any atom is 0.305 e. The van der Waals surface area contributed by atoms with Gasteiger partial charge in [-0.1, -0.05) is 6.92 Å². The van der Waals surface area contributed by atoms with Gasteiger partial charge >= 0.3 is 11.9 Å². The van der Waals surface area contributed by atoms with E-state index in [9.17, 15) is 9.59 Å². The van der Waals surface area contributed by atoms with Crippen molar-refractivity contribution in [1.82, 2.24) is 4.90 Å². The third kappa shape index (κ3) is 13.3. The van der Waals surface area contributed by atoms with Gasteiger partial charge in [0.1, 0.15) is 0 Å². The van der Waals surface area contributed by atoms with Crippen LogP contribution >= 0.6 is 0 Å². The lowest BCUT2D eigenvalue weighted by Crippen LogP contribution is -2.32. The number of ether oxygens (including phenoxy) is 2. The number of rotatable bonds is 14. The number of carbonyl (C=O) groups is 2. The quantitative estimate of drug-likeness (QED) is 0.454. The van der Waals surface area contributed by atoms with Crippen molar-refractivity contribution in [3.8, 4) is 0 Å². The summed E-state index contributed by atoms with van der Waals surface area (Å²) in [5.74, 6) is -1.72. The summed E-state index contributed by atoms with van der Waals surface area (Å²) in [6.45, 7) is 5.85. The van der Waals surface area contributed by atoms with Crippen molar-refractivity contribution in [2.45, 2.75) is 26.2 Å². The van der Waals surface area contributed by atoms with Crippen LogP contribution in [-0.2, 0) is 19.1 Å². The first-order valence-electron chi connectivity index (χ1n) is 6.87. The second kappa shape index (κ2) is 12.8. The van der Waals surface area contributed by atoms with Crippen LogP contribution in [0.4, 0.5) is 0 Å². The predicted octanol–water partition coefficient (Wildman–Crippen LogP) is 0.681. The molecular weight excluding hydrogens is 266 g/mol. The fraction of sp³-hybridized carbons (Fsp3) is 0.846. The van der Waals surface area contributed by atoms with E-state index in [1.807, 2.05) is 0 Å². The normalized spacial score (nSPS) is 10.9. The van der Waals surface area contributed by atoms with Gasteiger partial charge in [-0.05, 0) is 13.0 Å². The summed E-state index contributed by atoms with van der Waals surface area (Å²) in [7, 11) is 0. The molecule has 0 aromatic heterocycles. The standard InChI is InChI=1S/C13H25NO6/c1-2-5-14(6-10-19-8-3-12(15)16)7-11-20-9-4-13(17)18/h2-11H2,1H3,(H,15,16)(H,17,18). The summed E-state index contributed by atoms with van der Waals surface area (Å²) in [6, 6.07) is 0. The zero-order chi connectivity index (χ0) is 15.2. The molecule has 0 aliphatic rings. The molecule has 0 heterocycles. The molecule has 0 saturated heterocycles. The van der Waals surface area contributed by atoms with E-state index >= 15 is 0 Å². The van der Waals surface area contributed by atoms with Gasteiger partial charge in [0.25, 0.3) is 0 Å². The monoisotopic (exact) mass is 291 g/mol. The highest BCUT2D eigenvalue weighted by molar-refractivity contribution is 5.66. The molecular formula is C13H25NO6. The SMILES string of the molecule is CCCN(CCOCCC(=O)O)CCOCCC(=O)O. The molecule has 7 nitrogen and oxygen atoms in total. The van der Waals surface area contributed by atoms with Crippen molar-refractivity contribution in [2.24, 2.45) is 0 Å². The highest BCUT2D eigenvalue weighted by atomic mass is 16.5. The minimum Gasteiger partial charge on any atom is -0.481 e. The molecule has 2 N–H and O–H groups in total. The molecule has 118 valence electrons. The molecule has 0 radical (unpaired) electrons. The van der Waals surface area contributed by atoms with E-state index in [1.165, 1.54) is 0 Å². The van der Waals surface area contributed by atoms with Crippen LogP contribution in [0.5, 0.6) is 0 Å². The Balaban J connectivity index is 3.59. The fourth-order valence-electron chi connectivity index (χ4n) is 1.56. The van der Waals surface area contributed by atoms with Crippen LogP contribution in [0.15, 0.2) is 0 Å². The van der Waals surface area contributed by atoms with Crippen molar-refractivity contribution >= 4 is 11.9 Å². The largest absolute Gasteiger partial charge is 0.481 e. The van der Waals surface area contributed by atoms with Gasteiger partial charge in [0.15, 0.2) is 0 Å². The molecule has 0 fully saturated rings. The Morgan fingerprint density at radius 3 is 1.65 bits per heavy atom. The van der Waals surface area contributed by atoms with Crippen molar-refractivity contribution in [3.05, 3.63) is 0 Å². The molecule has 0 bridgehead atoms. The van der Waals surface area contributed by atoms with Gasteiger partial charge in [-0.15, -0.1) is 0 Å². The van der Waals surface area contributed by atoms with Crippen LogP contribution in [-0.4, -0.2) is 73.1 Å². The van der Waals surface area contributed by atoms with Crippen molar-refractivity contribution in [3.63, 3.8) is 0 Å². The number of nitrogens with zero attached hydrogens (tertiary/aromatic N) is 1. The van der Waals surface area contributed by atoms with E-state index in [4.69, 9.17) is 19.7 Å². The van der Waals surface area contributed by atoms with Gasteiger partial charge in [0, 0.05) is 13.1 Å². The van der Waals surface area contributed by atoms with Gasteiger partial charge in [-0.25, -0.2) is 0 Å². The van der Waals surface area contributed by atoms with Crippen LogP contribution < -0.4 is 0 Å².